The van der Waals surface area contributed by atoms with Crippen molar-refractivity contribution in [2.75, 3.05) is 11.9 Å². The molecule has 0 radical (unpaired) electrons. The third-order valence-electron chi connectivity index (χ3n) is 2.11. The number of nitrogens with zero attached hydrogens (tertiary/aromatic N) is 2. The highest BCUT2D eigenvalue weighted by molar-refractivity contribution is 6.29. The second-order valence-electron chi connectivity index (χ2n) is 4.66. The molecule has 0 fully saturated rings. The first-order chi connectivity index (χ1) is 8.38. The van der Waals surface area contributed by atoms with E-state index in [4.69, 9.17) is 11.6 Å². The van der Waals surface area contributed by atoms with Crippen LogP contribution < -0.4 is 10.6 Å². The van der Waals surface area contributed by atoms with Gasteiger partial charge in [-0.2, -0.15) is 0 Å². The zero-order valence-electron chi connectivity index (χ0n) is 11.1. The van der Waals surface area contributed by atoms with E-state index in [0.717, 1.165) is 0 Å². The standard InChI is InChI=1S/C12H19ClN4O/c1-7(2)12-16-9(13)5-10(17-12)14-6-11(18)15-8(3)4/h5,7-8H,6H2,1-4H3,(H,15,18)(H,14,16,17). The number of amides is 1. The van der Waals surface area contributed by atoms with E-state index in [2.05, 4.69) is 20.6 Å². The molecule has 0 bridgehead atoms. The van der Waals surface area contributed by atoms with Gasteiger partial charge in [0.2, 0.25) is 5.91 Å². The van der Waals surface area contributed by atoms with Gasteiger partial charge in [-0.3, -0.25) is 4.79 Å². The Bertz CT molecular complexity index is 421. The molecule has 0 unspecified atom stereocenters. The minimum atomic E-state index is -0.0779. The molecule has 0 saturated carbocycles. The molecule has 0 saturated heterocycles. The third kappa shape index (κ3) is 4.87. The Balaban J connectivity index is 2.64. The highest BCUT2D eigenvalue weighted by Gasteiger charge is 2.08. The molecule has 1 aromatic rings. The van der Waals surface area contributed by atoms with Gasteiger partial charge in [-0.05, 0) is 13.8 Å². The predicted octanol–water partition coefficient (Wildman–Crippen LogP) is 2.19. The monoisotopic (exact) mass is 270 g/mol. The molecule has 0 aromatic carbocycles. The van der Waals surface area contributed by atoms with Gasteiger partial charge < -0.3 is 10.6 Å². The van der Waals surface area contributed by atoms with Gasteiger partial charge in [0.05, 0.1) is 6.54 Å². The van der Waals surface area contributed by atoms with Crippen molar-refractivity contribution in [3.8, 4) is 0 Å². The molecular formula is C12H19ClN4O. The maximum absolute atomic E-state index is 11.5. The number of halogens is 1. The molecule has 0 spiro atoms. The van der Waals surface area contributed by atoms with Crippen molar-refractivity contribution in [3.05, 3.63) is 17.0 Å². The quantitative estimate of drug-likeness (QED) is 0.805. The van der Waals surface area contributed by atoms with Gasteiger partial charge in [-0.1, -0.05) is 25.4 Å². The topological polar surface area (TPSA) is 66.9 Å². The molecule has 100 valence electrons. The fourth-order valence-corrected chi connectivity index (χ4v) is 1.52. The maximum atomic E-state index is 11.5. The Morgan fingerprint density at radius 1 is 1.33 bits per heavy atom. The van der Waals surface area contributed by atoms with E-state index >= 15 is 0 Å². The molecule has 18 heavy (non-hydrogen) atoms. The lowest BCUT2D eigenvalue weighted by Gasteiger charge is -2.11. The molecule has 1 amide bonds. The zero-order valence-corrected chi connectivity index (χ0v) is 11.9. The number of hydrogen-bond acceptors (Lipinski definition) is 4. The zero-order chi connectivity index (χ0) is 13.7. The van der Waals surface area contributed by atoms with Crippen LogP contribution in [0.25, 0.3) is 0 Å². The summed E-state index contributed by atoms with van der Waals surface area (Å²) in [5.41, 5.74) is 0. The molecular weight excluding hydrogens is 252 g/mol. The Morgan fingerprint density at radius 2 is 2.00 bits per heavy atom. The lowest BCUT2D eigenvalue weighted by Crippen LogP contribution is -2.35. The molecule has 0 aliphatic rings. The minimum Gasteiger partial charge on any atom is -0.361 e. The Hall–Kier alpha value is -1.36. The van der Waals surface area contributed by atoms with Crippen LogP contribution in [0.15, 0.2) is 6.07 Å². The molecule has 0 aliphatic heterocycles. The highest BCUT2D eigenvalue weighted by atomic mass is 35.5. The van der Waals surface area contributed by atoms with E-state index < -0.39 is 0 Å². The van der Waals surface area contributed by atoms with Crippen LogP contribution in [-0.4, -0.2) is 28.5 Å². The van der Waals surface area contributed by atoms with E-state index in [-0.39, 0.29) is 24.4 Å². The summed E-state index contributed by atoms with van der Waals surface area (Å²) in [4.78, 5) is 19.9. The molecule has 1 rings (SSSR count). The molecule has 0 aliphatic carbocycles. The van der Waals surface area contributed by atoms with E-state index in [1.165, 1.54) is 0 Å². The highest BCUT2D eigenvalue weighted by Crippen LogP contribution is 2.16. The summed E-state index contributed by atoms with van der Waals surface area (Å²) in [6, 6.07) is 1.73. The largest absolute Gasteiger partial charge is 0.361 e. The van der Waals surface area contributed by atoms with Crippen LogP contribution in [0.3, 0.4) is 0 Å². The number of anilines is 1. The summed E-state index contributed by atoms with van der Waals surface area (Å²) in [5, 5.41) is 6.10. The summed E-state index contributed by atoms with van der Waals surface area (Å²) in [5.74, 6) is 1.34. The Kier molecular flexibility index (Phi) is 5.34. The molecule has 0 atom stereocenters. The molecule has 2 N–H and O–H groups in total. The van der Waals surface area contributed by atoms with Crippen LogP contribution in [0.5, 0.6) is 0 Å². The summed E-state index contributed by atoms with van der Waals surface area (Å²) < 4.78 is 0. The average Bonchev–Trinajstić information content (AvgIpc) is 2.24. The smallest absolute Gasteiger partial charge is 0.239 e. The lowest BCUT2D eigenvalue weighted by atomic mass is 10.2. The number of aromatic nitrogens is 2. The third-order valence-corrected chi connectivity index (χ3v) is 2.30. The summed E-state index contributed by atoms with van der Waals surface area (Å²) in [6.07, 6.45) is 0. The van der Waals surface area contributed by atoms with Crippen LogP contribution >= 0.6 is 11.6 Å². The Labute approximate surface area is 112 Å². The van der Waals surface area contributed by atoms with Gasteiger partial charge in [0.25, 0.3) is 0 Å². The normalized spacial score (nSPS) is 10.8. The summed E-state index contributed by atoms with van der Waals surface area (Å²) >= 11 is 5.90. The van der Waals surface area contributed by atoms with Crippen LogP contribution in [0.1, 0.15) is 39.4 Å². The van der Waals surface area contributed by atoms with Crippen LogP contribution in [0, 0.1) is 0 Å². The second-order valence-corrected chi connectivity index (χ2v) is 5.05. The second kappa shape index (κ2) is 6.54. The van der Waals surface area contributed by atoms with E-state index in [0.29, 0.717) is 16.8 Å². The first-order valence-corrected chi connectivity index (χ1v) is 6.34. The lowest BCUT2D eigenvalue weighted by molar-refractivity contribution is -0.119. The van der Waals surface area contributed by atoms with Gasteiger partial charge in [0.15, 0.2) is 0 Å². The van der Waals surface area contributed by atoms with Crippen molar-refractivity contribution in [3.63, 3.8) is 0 Å². The van der Waals surface area contributed by atoms with Gasteiger partial charge in [0.1, 0.15) is 16.8 Å². The van der Waals surface area contributed by atoms with Gasteiger partial charge in [-0.15, -0.1) is 0 Å². The van der Waals surface area contributed by atoms with Gasteiger partial charge >= 0.3 is 0 Å². The Morgan fingerprint density at radius 3 is 2.56 bits per heavy atom. The van der Waals surface area contributed by atoms with E-state index in [9.17, 15) is 4.79 Å². The maximum Gasteiger partial charge on any atom is 0.239 e. The summed E-state index contributed by atoms with van der Waals surface area (Å²) in [6.45, 7) is 7.97. The minimum absolute atomic E-state index is 0.0779. The average molecular weight is 271 g/mol. The number of carbonyl (C=O) groups is 1. The molecule has 6 heteroatoms. The molecule has 1 aromatic heterocycles. The fourth-order valence-electron chi connectivity index (χ4n) is 1.33. The van der Waals surface area contributed by atoms with Crippen molar-refractivity contribution in [2.45, 2.75) is 39.7 Å². The fraction of sp³-hybridized carbons (Fsp3) is 0.583. The van der Waals surface area contributed by atoms with Crippen molar-refractivity contribution in [1.82, 2.24) is 15.3 Å². The van der Waals surface area contributed by atoms with Crippen LogP contribution in [0.2, 0.25) is 5.15 Å². The van der Waals surface area contributed by atoms with Crippen LogP contribution in [0.4, 0.5) is 5.82 Å². The number of carbonyl (C=O) groups excluding carboxylic acids is 1. The van der Waals surface area contributed by atoms with Crippen molar-refractivity contribution >= 4 is 23.3 Å². The van der Waals surface area contributed by atoms with Crippen molar-refractivity contribution in [2.24, 2.45) is 0 Å². The number of nitrogens with one attached hydrogen (secondary N) is 2. The van der Waals surface area contributed by atoms with Crippen molar-refractivity contribution < 1.29 is 4.79 Å². The molecule has 1 heterocycles. The number of rotatable bonds is 5. The van der Waals surface area contributed by atoms with Gasteiger partial charge in [-0.25, -0.2) is 9.97 Å². The van der Waals surface area contributed by atoms with Crippen molar-refractivity contribution in [1.29, 1.82) is 0 Å². The SMILES string of the molecule is CC(C)NC(=O)CNc1cc(Cl)nc(C(C)C)n1. The first-order valence-electron chi connectivity index (χ1n) is 5.96. The van der Waals surface area contributed by atoms with Crippen LogP contribution in [-0.2, 0) is 4.79 Å². The van der Waals surface area contributed by atoms with E-state index in [1.807, 2.05) is 27.7 Å². The summed E-state index contributed by atoms with van der Waals surface area (Å²) in [7, 11) is 0. The first kappa shape index (κ1) is 14.7. The number of hydrogen-bond donors (Lipinski definition) is 2. The molecule has 5 nitrogen and oxygen atoms in total. The van der Waals surface area contributed by atoms with Gasteiger partial charge in [0, 0.05) is 18.0 Å². The van der Waals surface area contributed by atoms with E-state index in [1.54, 1.807) is 6.07 Å². The predicted molar refractivity (Wildman–Crippen MR) is 72.9 cm³/mol.